The standard InChI is InChI=1S/C13H11N.CCl2O/c1-2-6-11-10(5-1)9-14-13-8-4-3-7-12(11)13;2-1(3)4/h1,3-5,7-9H,2,6H2;. The van der Waals surface area contributed by atoms with E-state index in [1.807, 2.05) is 12.3 Å². The predicted molar refractivity (Wildman–Crippen MR) is 76.2 cm³/mol. The molecule has 0 amide bonds. The molecular formula is C14H11Cl2NO. The van der Waals surface area contributed by atoms with Crippen LogP contribution in [0.4, 0.5) is 4.79 Å². The van der Waals surface area contributed by atoms with E-state index < -0.39 is 4.70 Å². The number of hydrogen-bond acceptors (Lipinski definition) is 2. The number of hydrogen-bond donors (Lipinski definition) is 0. The van der Waals surface area contributed by atoms with Crippen molar-refractivity contribution in [1.82, 2.24) is 4.98 Å². The number of aromatic nitrogens is 1. The second-order valence-electron chi connectivity index (χ2n) is 3.88. The van der Waals surface area contributed by atoms with Crippen molar-refractivity contribution in [2.75, 3.05) is 0 Å². The molecule has 3 rings (SSSR count). The highest BCUT2D eigenvalue weighted by molar-refractivity contribution is 6.93. The molecule has 92 valence electrons. The number of halogens is 2. The van der Waals surface area contributed by atoms with Crippen molar-refractivity contribution in [2.45, 2.75) is 12.8 Å². The van der Waals surface area contributed by atoms with Crippen LogP contribution in [0.2, 0.25) is 0 Å². The first kappa shape index (κ1) is 13.1. The first-order valence-corrected chi connectivity index (χ1v) is 6.32. The molecule has 0 aliphatic heterocycles. The highest BCUT2D eigenvalue weighted by Crippen LogP contribution is 2.25. The van der Waals surface area contributed by atoms with Crippen LogP contribution in [0.25, 0.3) is 17.0 Å². The minimum Gasteiger partial charge on any atom is -0.262 e. The Morgan fingerprint density at radius 1 is 1.22 bits per heavy atom. The van der Waals surface area contributed by atoms with E-state index in [1.54, 1.807) is 0 Å². The summed E-state index contributed by atoms with van der Waals surface area (Å²) in [6.45, 7) is 0. The molecule has 0 N–H and O–H groups in total. The molecule has 1 aliphatic carbocycles. The van der Waals surface area contributed by atoms with Gasteiger partial charge in [0, 0.05) is 11.6 Å². The number of allylic oxidation sites excluding steroid dienone is 1. The van der Waals surface area contributed by atoms with Gasteiger partial charge in [0.05, 0.1) is 5.52 Å². The fourth-order valence-electron chi connectivity index (χ4n) is 2.07. The Morgan fingerprint density at radius 2 is 1.94 bits per heavy atom. The third kappa shape index (κ3) is 3.09. The van der Waals surface area contributed by atoms with Crippen LogP contribution < -0.4 is 0 Å². The molecule has 0 spiro atoms. The molecule has 1 aliphatic rings. The first-order valence-electron chi connectivity index (χ1n) is 5.56. The maximum absolute atomic E-state index is 8.98. The van der Waals surface area contributed by atoms with Crippen LogP contribution >= 0.6 is 23.2 Å². The Kier molecular flexibility index (Phi) is 4.34. The molecule has 0 bridgehead atoms. The summed E-state index contributed by atoms with van der Waals surface area (Å²) < 4.78 is -0.889. The van der Waals surface area contributed by atoms with Crippen LogP contribution in [0.15, 0.2) is 36.5 Å². The van der Waals surface area contributed by atoms with E-state index in [4.69, 9.17) is 4.79 Å². The molecule has 2 nitrogen and oxygen atoms in total. The van der Waals surface area contributed by atoms with Crippen molar-refractivity contribution in [3.05, 3.63) is 47.7 Å². The molecule has 18 heavy (non-hydrogen) atoms. The second-order valence-corrected chi connectivity index (χ2v) is 4.76. The molecule has 0 atom stereocenters. The average Bonchev–Trinajstić information content (AvgIpc) is 2.38. The van der Waals surface area contributed by atoms with Gasteiger partial charge in [-0.15, -0.1) is 0 Å². The van der Waals surface area contributed by atoms with Gasteiger partial charge in [0.1, 0.15) is 0 Å². The summed E-state index contributed by atoms with van der Waals surface area (Å²) >= 11 is 8.80. The molecule has 1 aromatic carbocycles. The number of rotatable bonds is 0. The smallest absolute Gasteiger partial charge is 0.262 e. The van der Waals surface area contributed by atoms with Crippen molar-refractivity contribution in [3.8, 4) is 0 Å². The minimum absolute atomic E-state index is 0.889. The number of fused-ring (bicyclic) bond motifs is 3. The number of aryl methyl sites for hydroxylation is 1. The van der Waals surface area contributed by atoms with Crippen LogP contribution in [0, 0.1) is 0 Å². The maximum atomic E-state index is 8.98. The normalized spacial score (nSPS) is 12.6. The average molecular weight is 280 g/mol. The molecule has 4 heteroatoms. The van der Waals surface area contributed by atoms with Crippen molar-refractivity contribution < 1.29 is 4.79 Å². The van der Waals surface area contributed by atoms with Crippen LogP contribution in [0.5, 0.6) is 0 Å². The van der Waals surface area contributed by atoms with E-state index in [0.29, 0.717) is 0 Å². The monoisotopic (exact) mass is 279 g/mol. The van der Waals surface area contributed by atoms with Gasteiger partial charge in [0.15, 0.2) is 0 Å². The number of pyridine rings is 1. The van der Waals surface area contributed by atoms with Gasteiger partial charge in [0.2, 0.25) is 0 Å². The largest absolute Gasteiger partial charge is 0.313 e. The van der Waals surface area contributed by atoms with E-state index in [9.17, 15) is 0 Å². The number of carbonyl (C=O) groups is 1. The Morgan fingerprint density at radius 3 is 2.72 bits per heavy atom. The third-order valence-corrected chi connectivity index (χ3v) is 2.78. The van der Waals surface area contributed by atoms with E-state index in [1.165, 1.54) is 16.5 Å². The lowest BCUT2D eigenvalue weighted by atomic mass is 9.95. The number of benzene rings is 1. The summed E-state index contributed by atoms with van der Waals surface area (Å²) in [6, 6.07) is 8.37. The SMILES string of the molecule is C1=Cc2cnc3ccccc3c2CC1.O=C(Cl)Cl. The lowest BCUT2D eigenvalue weighted by molar-refractivity contribution is 0.275. The van der Waals surface area contributed by atoms with E-state index >= 15 is 0 Å². The zero-order valence-electron chi connectivity index (χ0n) is 9.57. The summed E-state index contributed by atoms with van der Waals surface area (Å²) in [4.78, 5) is 13.4. The lowest BCUT2D eigenvalue weighted by Crippen LogP contribution is -1.96. The molecule has 0 unspecified atom stereocenters. The van der Waals surface area contributed by atoms with E-state index in [-0.39, 0.29) is 0 Å². The van der Waals surface area contributed by atoms with Gasteiger partial charge in [-0.05, 0) is 53.2 Å². The zero-order valence-corrected chi connectivity index (χ0v) is 11.1. The Hall–Kier alpha value is -1.38. The second kappa shape index (κ2) is 5.98. The van der Waals surface area contributed by atoms with Crippen LogP contribution in [-0.4, -0.2) is 9.69 Å². The van der Waals surface area contributed by atoms with Gasteiger partial charge in [-0.25, -0.2) is 0 Å². The highest BCUT2D eigenvalue weighted by Gasteiger charge is 2.08. The Bertz CT molecular complexity index is 604. The fourth-order valence-corrected chi connectivity index (χ4v) is 2.07. The maximum Gasteiger partial charge on any atom is 0.313 e. The van der Waals surface area contributed by atoms with Crippen molar-refractivity contribution >= 4 is 44.9 Å². The van der Waals surface area contributed by atoms with Gasteiger partial charge in [-0.3, -0.25) is 9.78 Å². The lowest BCUT2D eigenvalue weighted by Gasteiger charge is -2.12. The predicted octanol–water partition coefficient (Wildman–Crippen LogP) is 4.78. The topological polar surface area (TPSA) is 30.0 Å². The van der Waals surface area contributed by atoms with Crippen molar-refractivity contribution in [3.63, 3.8) is 0 Å². The quantitative estimate of drug-likeness (QED) is 0.650. The number of nitrogens with zero attached hydrogens (tertiary/aromatic N) is 1. The molecular weight excluding hydrogens is 269 g/mol. The highest BCUT2D eigenvalue weighted by atomic mass is 35.5. The van der Waals surface area contributed by atoms with Gasteiger partial charge in [0.25, 0.3) is 0 Å². The van der Waals surface area contributed by atoms with Crippen LogP contribution in [0.1, 0.15) is 17.5 Å². The molecule has 0 saturated heterocycles. The van der Waals surface area contributed by atoms with Gasteiger partial charge >= 0.3 is 4.70 Å². The number of carbonyl (C=O) groups excluding carboxylic acids is 1. The first-order chi connectivity index (χ1) is 8.68. The Labute approximate surface area is 115 Å². The van der Waals surface area contributed by atoms with Gasteiger partial charge in [-0.1, -0.05) is 30.4 Å². The summed E-state index contributed by atoms with van der Waals surface area (Å²) in [5.74, 6) is 0. The van der Waals surface area contributed by atoms with Crippen molar-refractivity contribution in [1.29, 1.82) is 0 Å². The third-order valence-electron chi connectivity index (χ3n) is 2.78. The van der Waals surface area contributed by atoms with Crippen LogP contribution in [0.3, 0.4) is 0 Å². The fraction of sp³-hybridized carbons (Fsp3) is 0.143. The molecule has 0 fully saturated rings. The molecule has 1 aromatic heterocycles. The Balaban J connectivity index is 0.000000267. The summed E-state index contributed by atoms with van der Waals surface area (Å²) in [5, 5.41) is 1.31. The van der Waals surface area contributed by atoms with E-state index in [2.05, 4.69) is 58.5 Å². The molecule has 1 heterocycles. The van der Waals surface area contributed by atoms with Gasteiger partial charge in [-0.2, -0.15) is 0 Å². The van der Waals surface area contributed by atoms with Crippen molar-refractivity contribution in [2.24, 2.45) is 0 Å². The van der Waals surface area contributed by atoms with Crippen LogP contribution in [-0.2, 0) is 6.42 Å². The summed E-state index contributed by atoms with van der Waals surface area (Å²) in [5.41, 5.74) is 3.86. The summed E-state index contributed by atoms with van der Waals surface area (Å²) in [7, 11) is 0. The number of para-hydroxylation sites is 1. The molecule has 0 radical (unpaired) electrons. The molecule has 0 saturated carbocycles. The van der Waals surface area contributed by atoms with Gasteiger partial charge < -0.3 is 0 Å². The zero-order chi connectivity index (χ0) is 13.0. The summed E-state index contributed by atoms with van der Waals surface area (Å²) in [6.07, 6.45) is 8.68. The minimum atomic E-state index is -0.889. The molecule has 2 aromatic rings. The van der Waals surface area contributed by atoms with E-state index in [0.717, 1.165) is 18.4 Å².